The predicted molar refractivity (Wildman–Crippen MR) is 129 cm³/mol. The summed E-state index contributed by atoms with van der Waals surface area (Å²) in [6.07, 6.45) is 3.45. The average Bonchev–Trinajstić information content (AvgIpc) is 2.84. The van der Waals surface area contributed by atoms with Crippen LogP contribution in [0.25, 0.3) is 0 Å². The highest BCUT2D eigenvalue weighted by Crippen LogP contribution is 2.40. The van der Waals surface area contributed by atoms with Crippen molar-refractivity contribution in [2.45, 2.75) is 13.1 Å². The molecule has 170 valence electrons. The van der Waals surface area contributed by atoms with Crippen LogP contribution < -0.4 is 10.6 Å². The number of rotatable bonds is 8. The average molecular weight is 455 g/mol. The molecule has 4 N–H and O–H groups in total. The Morgan fingerprint density at radius 3 is 1.97 bits per heavy atom. The van der Waals surface area contributed by atoms with Gasteiger partial charge < -0.3 is 20.8 Å². The van der Waals surface area contributed by atoms with E-state index < -0.39 is 5.75 Å². The lowest BCUT2D eigenvalue weighted by molar-refractivity contribution is 0.452. The van der Waals surface area contributed by atoms with Crippen LogP contribution in [0.1, 0.15) is 11.4 Å². The monoisotopic (exact) mass is 455 g/mol. The van der Waals surface area contributed by atoms with Crippen LogP contribution in [0.3, 0.4) is 0 Å². The smallest absolute Gasteiger partial charge is 0.152 e. The molecule has 0 amide bonds. The standard InChI is InChI=1S/C24H21N7O3/c25-16-7-8-22(19(11-16)28-29-20-12-21(30-34)24(33)13-23(20)32)31(14-17-5-1-3-9-26-17)15-18-6-2-4-10-27-18/h1-13,32-33H,14-15,25H2/b29-28+. The van der Waals surface area contributed by atoms with Crippen molar-refractivity contribution < 1.29 is 10.2 Å². The quantitative estimate of drug-likeness (QED) is 0.181. The first kappa shape index (κ1) is 22.3. The fourth-order valence-corrected chi connectivity index (χ4v) is 3.30. The number of nitrogens with two attached hydrogens (primary N) is 1. The Morgan fingerprint density at radius 1 is 0.765 bits per heavy atom. The predicted octanol–water partition coefficient (Wildman–Crippen LogP) is 5.49. The number of nitrogen functional groups attached to an aromatic ring is 1. The van der Waals surface area contributed by atoms with Crippen LogP contribution in [-0.4, -0.2) is 20.2 Å². The van der Waals surface area contributed by atoms with E-state index in [1.807, 2.05) is 47.4 Å². The fraction of sp³-hybridized carbons (Fsp3) is 0.0833. The minimum atomic E-state index is -0.451. The third-order valence-corrected chi connectivity index (χ3v) is 4.93. The van der Waals surface area contributed by atoms with Gasteiger partial charge in [0, 0.05) is 30.2 Å². The highest BCUT2D eigenvalue weighted by molar-refractivity contribution is 5.72. The normalized spacial score (nSPS) is 10.9. The molecule has 2 aromatic heterocycles. The number of aromatic nitrogens is 2. The number of aromatic hydroxyl groups is 2. The van der Waals surface area contributed by atoms with Crippen molar-refractivity contribution in [3.05, 3.63) is 95.4 Å². The first-order valence-corrected chi connectivity index (χ1v) is 10.3. The Balaban J connectivity index is 1.74. The third kappa shape index (κ3) is 5.30. The Morgan fingerprint density at radius 2 is 1.38 bits per heavy atom. The number of hydrogen-bond donors (Lipinski definition) is 3. The van der Waals surface area contributed by atoms with Crippen molar-refractivity contribution in [2.24, 2.45) is 15.4 Å². The van der Waals surface area contributed by atoms with E-state index in [0.29, 0.717) is 30.2 Å². The van der Waals surface area contributed by atoms with Gasteiger partial charge in [-0.15, -0.1) is 15.1 Å². The summed E-state index contributed by atoms with van der Waals surface area (Å²) in [7, 11) is 0. The summed E-state index contributed by atoms with van der Waals surface area (Å²) in [5.41, 5.74) is 9.03. The van der Waals surface area contributed by atoms with Crippen molar-refractivity contribution >= 4 is 28.4 Å². The summed E-state index contributed by atoms with van der Waals surface area (Å²) >= 11 is 0. The van der Waals surface area contributed by atoms with Crippen molar-refractivity contribution in [3.8, 4) is 11.5 Å². The maximum atomic E-state index is 10.9. The molecule has 0 aliphatic rings. The fourth-order valence-electron chi connectivity index (χ4n) is 3.30. The molecule has 2 heterocycles. The molecule has 0 bridgehead atoms. The van der Waals surface area contributed by atoms with Crippen LogP contribution in [0.4, 0.5) is 28.4 Å². The largest absolute Gasteiger partial charge is 0.505 e. The van der Waals surface area contributed by atoms with E-state index >= 15 is 0 Å². The lowest BCUT2D eigenvalue weighted by Crippen LogP contribution is -2.23. The Hall–Kier alpha value is -4.86. The molecule has 0 saturated carbocycles. The molecule has 0 aliphatic heterocycles. The lowest BCUT2D eigenvalue weighted by atomic mass is 10.2. The molecule has 0 unspecified atom stereocenters. The number of nitroso groups, excluding NO2 is 1. The molecule has 0 aliphatic carbocycles. The van der Waals surface area contributed by atoms with Crippen LogP contribution in [0.15, 0.2) is 94.5 Å². The highest BCUT2D eigenvalue weighted by Gasteiger charge is 2.15. The number of nitrogens with zero attached hydrogens (tertiary/aromatic N) is 6. The zero-order chi connectivity index (χ0) is 23.9. The Labute approximate surface area is 195 Å². The first-order valence-electron chi connectivity index (χ1n) is 10.3. The topological polar surface area (TPSA) is 150 Å². The van der Waals surface area contributed by atoms with E-state index in [-0.39, 0.29) is 17.1 Å². The summed E-state index contributed by atoms with van der Waals surface area (Å²) in [5, 5.41) is 30.9. The molecular formula is C24H21N7O3. The van der Waals surface area contributed by atoms with Crippen molar-refractivity contribution in [2.75, 3.05) is 10.6 Å². The number of hydrogen-bond acceptors (Lipinski definition) is 10. The van der Waals surface area contributed by atoms with Gasteiger partial charge in [0.1, 0.15) is 22.9 Å². The molecular weight excluding hydrogens is 434 g/mol. The first-order chi connectivity index (χ1) is 16.5. The van der Waals surface area contributed by atoms with E-state index in [9.17, 15) is 15.1 Å². The van der Waals surface area contributed by atoms with Gasteiger partial charge in [0.05, 0.1) is 30.2 Å². The molecule has 2 aromatic carbocycles. The maximum absolute atomic E-state index is 10.9. The van der Waals surface area contributed by atoms with E-state index in [2.05, 4.69) is 25.4 Å². The summed E-state index contributed by atoms with van der Waals surface area (Å²) in [5.74, 6) is -0.800. The van der Waals surface area contributed by atoms with E-state index in [1.165, 1.54) is 0 Å². The van der Waals surface area contributed by atoms with Gasteiger partial charge in [-0.05, 0) is 47.6 Å². The second kappa shape index (κ2) is 10.2. The van der Waals surface area contributed by atoms with Crippen molar-refractivity contribution in [1.29, 1.82) is 0 Å². The van der Waals surface area contributed by atoms with Gasteiger partial charge in [0.2, 0.25) is 0 Å². The molecule has 0 atom stereocenters. The summed E-state index contributed by atoms with van der Waals surface area (Å²) in [4.78, 5) is 21.8. The van der Waals surface area contributed by atoms with E-state index in [1.54, 1.807) is 24.5 Å². The van der Waals surface area contributed by atoms with Gasteiger partial charge in [0.25, 0.3) is 0 Å². The second-order valence-electron chi connectivity index (χ2n) is 7.37. The zero-order valence-electron chi connectivity index (χ0n) is 18.0. The van der Waals surface area contributed by atoms with Gasteiger partial charge in [-0.1, -0.05) is 12.1 Å². The van der Waals surface area contributed by atoms with Crippen LogP contribution in [0.5, 0.6) is 11.5 Å². The molecule has 34 heavy (non-hydrogen) atoms. The second-order valence-corrected chi connectivity index (χ2v) is 7.37. The SMILES string of the molecule is Nc1ccc(N(Cc2ccccn2)Cc2ccccn2)c(/N=N/c2cc(N=O)c(O)cc2O)c1. The number of benzene rings is 2. The van der Waals surface area contributed by atoms with Crippen LogP contribution in [0, 0.1) is 4.91 Å². The molecule has 4 aromatic rings. The van der Waals surface area contributed by atoms with Gasteiger partial charge in [-0.2, -0.15) is 0 Å². The number of phenolic OH excluding ortho intramolecular Hbond substituents is 2. The maximum Gasteiger partial charge on any atom is 0.152 e. The van der Waals surface area contributed by atoms with Crippen LogP contribution in [-0.2, 0) is 13.1 Å². The molecule has 0 fully saturated rings. The van der Waals surface area contributed by atoms with Gasteiger partial charge in [0.15, 0.2) is 5.69 Å². The summed E-state index contributed by atoms with van der Waals surface area (Å²) in [6.45, 7) is 0.932. The summed E-state index contributed by atoms with van der Waals surface area (Å²) in [6, 6.07) is 18.7. The van der Waals surface area contributed by atoms with Gasteiger partial charge in [-0.25, -0.2) is 0 Å². The van der Waals surface area contributed by atoms with Gasteiger partial charge >= 0.3 is 0 Å². The minimum absolute atomic E-state index is 0.0261. The summed E-state index contributed by atoms with van der Waals surface area (Å²) < 4.78 is 0. The molecule has 4 rings (SSSR count). The Kier molecular flexibility index (Phi) is 6.68. The van der Waals surface area contributed by atoms with Crippen LogP contribution in [0.2, 0.25) is 0 Å². The van der Waals surface area contributed by atoms with Gasteiger partial charge in [-0.3, -0.25) is 9.97 Å². The molecule has 0 saturated heterocycles. The Bertz CT molecular complexity index is 1270. The molecule has 10 heteroatoms. The lowest BCUT2D eigenvalue weighted by Gasteiger charge is -2.25. The van der Waals surface area contributed by atoms with E-state index in [0.717, 1.165) is 23.5 Å². The number of phenols is 2. The van der Waals surface area contributed by atoms with Crippen molar-refractivity contribution in [3.63, 3.8) is 0 Å². The number of azo groups is 1. The highest BCUT2D eigenvalue weighted by atomic mass is 16.3. The molecule has 10 nitrogen and oxygen atoms in total. The molecule has 0 radical (unpaired) electrons. The zero-order valence-corrected chi connectivity index (χ0v) is 18.0. The minimum Gasteiger partial charge on any atom is -0.505 e. The van der Waals surface area contributed by atoms with Crippen molar-refractivity contribution in [1.82, 2.24) is 9.97 Å². The number of anilines is 2. The third-order valence-electron chi connectivity index (χ3n) is 4.93. The van der Waals surface area contributed by atoms with Crippen LogP contribution >= 0.6 is 0 Å². The molecule has 0 spiro atoms. The number of pyridine rings is 2. The van der Waals surface area contributed by atoms with E-state index in [4.69, 9.17) is 5.73 Å².